The van der Waals surface area contributed by atoms with Gasteiger partial charge in [-0.15, -0.1) is 0 Å². The molecule has 2 atom stereocenters. The van der Waals surface area contributed by atoms with Crippen LogP contribution in [0.4, 0.5) is 0 Å². The second-order valence-corrected chi connectivity index (χ2v) is 7.85. The van der Waals surface area contributed by atoms with Gasteiger partial charge in [0.25, 0.3) is 0 Å². The molecule has 2 aliphatic heterocycles. The van der Waals surface area contributed by atoms with Crippen LogP contribution in [-0.2, 0) is 16.6 Å². The van der Waals surface area contributed by atoms with Gasteiger partial charge < -0.3 is 0 Å². The van der Waals surface area contributed by atoms with Gasteiger partial charge in [-0.1, -0.05) is 6.92 Å². The molecule has 3 rings (SSSR count). The van der Waals surface area contributed by atoms with Crippen molar-refractivity contribution in [3.05, 3.63) is 12.4 Å². The molecule has 2 saturated heterocycles. The summed E-state index contributed by atoms with van der Waals surface area (Å²) >= 11 is 0. The second kappa shape index (κ2) is 5.70. The highest BCUT2D eigenvalue weighted by atomic mass is 32.2. The molecule has 118 valence electrons. The number of piperazine rings is 1. The van der Waals surface area contributed by atoms with Crippen LogP contribution >= 0.6 is 0 Å². The molecule has 2 fully saturated rings. The Balaban J connectivity index is 1.88. The second-order valence-electron chi connectivity index (χ2n) is 5.96. The van der Waals surface area contributed by atoms with Gasteiger partial charge >= 0.3 is 0 Å². The van der Waals surface area contributed by atoms with E-state index in [1.165, 1.54) is 12.6 Å². The molecule has 0 saturated carbocycles. The number of aryl methyl sites for hydroxylation is 1. The third-order valence-electron chi connectivity index (χ3n) is 4.75. The number of hydrogen-bond donors (Lipinski definition) is 0. The minimum atomic E-state index is -3.43. The highest BCUT2D eigenvalue weighted by Crippen LogP contribution is 2.30. The van der Waals surface area contributed by atoms with Crippen LogP contribution in [0.5, 0.6) is 0 Å². The maximum atomic E-state index is 12.9. The Hall–Kier alpha value is -0.920. The number of rotatable bonds is 4. The molecule has 0 aliphatic carbocycles. The summed E-state index contributed by atoms with van der Waals surface area (Å²) in [6.07, 6.45) is 6.26. The lowest BCUT2D eigenvalue weighted by Gasteiger charge is -2.42. The fraction of sp³-hybridized carbons (Fsp3) is 0.786. The fourth-order valence-electron chi connectivity index (χ4n) is 3.47. The Labute approximate surface area is 126 Å². The molecule has 1 aromatic rings. The molecule has 0 bridgehead atoms. The van der Waals surface area contributed by atoms with Gasteiger partial charge in [-0.05, 0) is 32.7 Å². The van der Waals surface area contributed by atoms with Crippen molar-refractivity contribution >= 4 is 10.0 Å². The molecule has 0 N–H and O–H groups in total. The maximum Gasteiger partial charge on any atom is 0.246 e. The molecule has 0 radical (unpaired) electrons. The molecule has 0 aromatic carbocycles. The third kappa shape index (κ3) is 2.62. The zero-order chi connectivity index (χ0) is 15.0. The average Bonchev–Trinajstić information content (AvgIpc) is 3.14. The standard InChI is InChI=1S/C14H24N4O2S/c1-3-12-9-16-7-5-6-13(16)10-18(12)21(19,20)14-8-15-17(4-2)11-14/h8,11-13H,3-7,9-10H2,1-2H3/t12-,13+/m1/s1. The number of aromatic nitrogens is 2. The normalized spacial score (nSPS) is 27.9. The zero-order valence-corrected chi connectivity index (χ0v) is 13.6. The first-order valence-corrected chi connectivity index (χ1v) is 9.28. The van der Waals surface area contributed by atoms with Gasteiger partial charge in [-0.25, -0.2) is 8.42 Å². The van der Waals surface area contributed by atoms with Crippen molar-refractivity contribution in [2.45, 2.75) is 56.6 Å². The molecule has 0 unspecified atom stereocenters. The summed E-state index contributed by atoms with van der Waals surface area (Å²) in [5.74, 6) is 0. The van der Waals surface area contributed by atoms with E-state index in [0.717, 1.165) is 25.9 Å². The molecule has 7 heteroatoms. The van der Waals surface area contributed by atoms with Crippen molar-refractivity contribution in [3.8, 4) is 0 Å². The lowest BCUT2D eigenvalue weighted by Crippen LogP contribution is -2.57. The molecular formula is C14H24N4O2S. The number of fused-ring (bicyclic) bond motifs is 1. The Bertz CT molecular complexity index is 598. The Morgan fingerprint density at radius 1 is 1.33 bits per heavy atom. The van der Waals surface area contributed by atoms with Gasteiger partial charge in [-0.2, -0.15) is 9.40 Å². The van der Waals surface area contributed by atoms with E-state index in [9.17, 15) is 8.42 Å². The monoisotopic (exact) mass is 312 g/mol. The third-order valence-corrected chi connectivity index (χ3v) is 6.62. The van der Waals surface area contributed by atoms with E-state index in [2.05, 4.69) is 16.9 Å². The van der Waals surface area contributed by atoms with Crippen LogP contribution in [0, 0.1) is 0 Å². The molecule has 21 heavy (non-hydrogen) atoms. The van der Waals surface area contributed by atoms with E-state index >= 15 is 0 Å². The first kappa shape index (κ1) is 15.0. The molecule has 3 heterocycles. The van der Waals surface area contributed by atoms with Crippen LogP contribution in [0.15, 0.2) is 17.3 Å². The SMILES string of the molecule is CC[C@@H]1CN2CCC[C@H]2CN1S(=O)(=O)c1cnn(CC)c1. The summed E-state index contributed by atoms with van der Waals surface area (Å²) < 4.78 is 29.2. The summed E-state index contributed by atoms with van der Waals surface area (Å²) in [5, 5.41) is 4.11. The quantitative estimate of drug-likeness (QED) is 0.837. The van der Waals surface area contributed by atoms with Crippen molar-refractivity contribution in [2.75, 3.05) is 19.6 Å². The van der Waals surface area contributed by atoms with Crippen LogP contribution in [0.1, 0.15) is 33.1 Å². The van der Waals surface area contributed by atoms with E-state index in [4.69, 9.17) is 0 Å². The van der Waals surface area contributed by atoms with E-state index < -0.39 is 10.0 Å². The van der Waals surface area contributed by atoms with Gasteiger partial charge in [0, 0.05) is 37.9 Å². The van der Waals surface area contributed by atoms with Crippen LogP contribution in [0.3, 0.4) is 0 Å². The Kier molecular flexibility index (Phi) is 4.07. The maximum absolute atomic E-state index is 12.9. The van der Waals surface area contributed by atoms with Gasteiger partial charge in [0.1, 0.15) is 4.90 Å². The van der Waals surface area contributed by atoms with Gasteiger partial charge in [0.05, 0.1) is 6.20 Å². The van der Waals surface area contributed by atoms with Crippen molar-refractivity contribution in [1.82, 2.24) is 19.0 Å². The smallest absolute Gasteiger partial charge is 0.246 e. The molecular weight excluding hydrogens is 288 g/mol. The Morgan fingerprint density at radius 2 is 2.14 bits per heavy atom. The molecule has 2 aliphatic rings. The summed E-state index contributed by atoms with van der Waals surface area (Å²) in [4.78, 5) is 2.78. The lowest BCUT2D eigenvalue weighted by molar-refractivity contribution is 0.106. The highest BCUT2D eigenvalue weighted by molar-refractivity contribution is 7.89. The first-order chi connectivity index (χ1) is 10.1. The number of hydrogen-bond acceptors (Lipinski definition) is 4. The van der Waals surface area contributed by atoms with E-state index in [0.29, 0.717) is 24.0 Å². The molecule has 0 spiro atoms. The van der Waals surface area contributed by atoms with Crippen LogP contribution in [0.25, 0.3) is 0 Å². The molecule has 1 aromatic heterocycles. The highest BCUT2D eigenvalue weighted by Gasteiger charge is 2.41. The summed E-state index contributed by atoms with van der Waals surface area (Å²) in [6, 6.07) is 0.470. The summed E-state index contributed by atoms with van der Waals surface area (Å²) in [7, 11) is -3.43. The Morgan fingerprint density at radius 3 is 2.81 bits per heavy atom. The summed E-state index contributed by atoms with van der Waals surface area (Å²) in [6.45, 7) is 7.31. The predicted octanol–water partition coefficient (Wildman–Crippen LogP) is 1.15. The van der Waals surface area contributed by atoms with Gasteiger partial charge in [0.15, 0.2) is 0 Å². The minimum Gasteiger partial charge on any atom is -0.297 e. The van der Waals surface area contributed by atoms with E-state index in [1.54, 1.807) is 15.2 Å². The molecule has 0 amide bonds. The van der Waals surface area contributed by atoms with E-state index in [1.807, 2.05) is 6.92 Å². The van der Waals surface area contributed by atoms with Crippen LogP contribution in [0.2, 0.25) is 0 Å². The number of nitrogens with zero attached hydrogens (tertiary/aromatic N) is 4. The fourth-order valence-corrected chi connectivity index (χ4v) is 5.16. The van der Waals surface area contributed by atoms with Gasteiger partial charge in [-0.3, -0.25) is 9.58 Å². The number of sulfonamides is 1. The van der Waals surface area contributed by atoms with Crippen molar-refractivity contribution in [2.24, 2.45) is 0 Å². The molecule has 6 nitrogen and oxygen atoms in total. The zero-order valence-electron chi connectivity index (χ0n) is 12.8. The first-order valence-electron chi connectivity index (χ1n) is 7.84. The minimum absolute atomic E-state index is 0.0781. The predicted molar refractivity (Wildman–Crippen MR) is 80.5 cm³/mol. The topological polar surface area (TPSA) is 58.4 Å². The average molecular weight is 312 g/mol. The lowest BCUT2D eigenvalue weighted by atomic mass is 10.1. The van der Waals surface area contributed by atoms with E-state index in [-0.39, 0.29) is 6.04 Å². The summed E-state index contributed by atoms with van der Waals surface area (Å²) in [5.41, 5.74) is 0. The van der Waals surface area contributed by atoms with Gasteiger partial charge in [0.2, 0.25) is 10.0 Å². The van der Waals surface area contributed by atoms with Crippen LogP contribution < -0.4 is 0 Å². The van der Waals surface area contributed by atoms with Crippen LogP contribution in [-0.4, -0.2) is 59.1 Å². The van der Waals surface area contributed by atoms with Crippen molar-refractivity contribution < 1.29 is 8.42 Å². The van der Waals surface area contributed by atoms with Crippen molar-refractivity contribution in [1.29, 1.82) is 0 Å². The van der Waals surface area contributed by atoms with Crippen molar-refractivity contribution in [3.63, 3.8) is 0 Å². The largest absolute Gasteiger partial charge is 0.297 e.